The molecule has 27 heavy (non-hydrogen) atoms. The maximum absolute atomic E-state index is 12.6. The zero-order valence-corrected chi connectivity index (χ0v) is 15.6. The van der Waals surface area contributed by atoms with E-state index in [1.165, 1.54) is 20.4 Å². The number of aryl methyl sites for hydroxylation is 1. The molecule has 0 bridgehead atoms. The lowest BCUT2D eigenvalue weighted by Gasteiger charge is -2.19. The van der Waals surface area contributed by atoms with E-state index >= 15 is 0 Å². The largest absolute Gasteiger partial charge is 0.493 e. The van der Waals surface area contributed by atoms with E-state index in [-0.39, 0.29) is 18.0 Å². The van der Waals surface area contributed by atoms with E-state index in [4.69, 9.17) is 9.47 Å². The number of hydrogen-bond acceptors (Lipinski definition) is 6. The standard InChI is InChI=1S/C18H21N5O4/c1-5-23(18(25)11-8-19-22(2)9-11)10-16-20-13-7-15(27-4)14(26-3)6-12(13)17(24)21-16/h6-9H,5,10H2,1-4H3,(H,20,21,24). The quantitative estimate of drug-likeness (QED) is 0.701. The first-order valence-electron chi connectivity index (χ1n) is 8.39. The first-order valence-corrected chi connectivity index (χ1v) is 8.39. The van der Waals surface area contributed by atoms with Gasteiger partial charge in [-0.05, 0) is 13.0 Å². The van der Waals surface area contributed by atoms with Crippen LogP contribution in [0.15, 0.2) is 29.3 Å². The Kier molecular flexibility index (Phi) is 5.11. The van der Waals surface area contributed by atoms with Gasteiger partial charge in [0.05, 0.1) is 43.4 Å². The van der Waals surface area contributed by atoms with Gasteiger partial charge in [-0.3, -0.25) is 14.3 Å². The number of aromatic nitrogens is 4. The molecule has 0 aliphatic carbocycles. The molecule has 0 unspecified atom stereocenters. The third-order valence-electron chi connectivity index (χ3n) is 4.22. The number of carbonyl (C=O) groups is 1. The number of rotatable bonds is 6. The third kappa shape index (κ3) is 3.62. The van der Waals surface area contributed by atoms with Crippen molar-refractivity contribution in [2.45, 2.75) is 13.5 Å². The highest BCUT2D eigenvalue weighted by Gasteiger charge is 2.18. The molecule has 0 aliphatic rings. The summed E-state index contributed by atoms with van der Waals surface area (Å²) in [6, 6.07) is 3.23. The van der Waals surface area contributed by atoms with Gasteiger partial charge < -0.3 is 19.4 Å². The lowest BCUT2D eigenvalue weighted by Crippen LogP contribution is -2.31. The van der Waals surface area contributed by atoms with Gasteiger partial charge >= 0.3 is 0 Å². The van der Waals surface area contributed by atoms with Gasteiger partial charge in [0, 0.05) is 25.9 Å². The van der Waals surface area contributed by atoms with Gasteiger partial charge in [0.25, 0.3) is 11.5 Å². The van der Waals surface area contributed by atoms with Crippen molar-refractivity contribution in [3.63, 3.8) is 0 Å². The topological polar surface area (TPSA) is 102 Å². The number of aromatic amines is 1. The minimum atomic E-state index is -0.305. The molecule has 9 heteroatoms. The maximum Gasteiger partial charge on any atom is 0.258 e. The number of H-pyrrole nitrogens is 1. The number of ether oxygens (including phenoxy) is 2. The fraction of sp³-hybridized carbons (Fsp3) is 0.333. The van der Waals surface area contributed by atoms with Crippen LogP contribution in [-0.4, -0.2) is 51.3 Å². The van der Waals surface area contributed by atoms with Crippen LogP contribution < -0.4 is 15.0 Å². The fourth-order valence-electron chi connectivity index (χ4n) is 2.81. The van der Waals surface area contributed by atoms with Crippen molar-refractivity contribution in [3.05, 3.63) is 46.3 Å². The lowest BCUT2D eigenvalue weighted by molar-refractivity contribution is 0.0748. The van der Waals surface area contributed by atoms with Gasteiger partial charge in [0.2, 0.25) is 0 Å². The highest BCUT2D eigenvalue weighted by atomic mass is 16.5. The summed E-state index contributed by atoms with van der Waals surface area (Å²) >= 11 is 0. The molecule has 0 atom stereocenters. The van der Waals surface area contributed by atoms with Gasteiger partial charge in [-0.1, -0.05) is 0 Å². The number of nitrogens with zero attached hydrogens (tertiary/aromatic N) is 4. The molecule has 0 aliphatic heterocycles. The van der Waals surface area contributed by atoms with Crippen LogP contribution in [0.25, 0.3) is 10.9 Å². The summed E-state index contributed by atoms with van der Waals surface area (Å²) < 4.78 is 12.1. The first-order chi connectivity index (χ1) is 13.0. The molecule has 1 aromatic carbocycles. The smallest absolute Gasteiger partial charge is 0.258 e. The van der Waals surface area contributed by atoms with Crippen LogP contribution in [0.3, 0.4) is 0 Å². The van der Waals surface area contributed by atoms with Crippen LogP contribution in [0.5, 0.6) is 11.5 Å². The molecule has 9 nitrogen and oxygen atoms in total. The highest BCUT2D eigenvalue weighted by molar-refractivity contribution is 5.93. The summed E-state index contributed by atoms with van der Waals surface area (Å²) in [7, 11) is 4.77. The minimum absolute atomic E-state index is 0.170. The summed E-state index contributed by atoms with van der Waals surface area (Å²) in [5.74, 6) is 1.14. The Balaban J connectivity index is 1.96. The van der Waals surface area contributed by atoms with E-state index in [2.05, 4.69) is 15.1 Å². The van der Waals surface area contributed by atoms with Gasteiger partial charge in [-0.2, -0.15) is 5.10 Å². The van der Waals surface area contributed by atoms with Gasteiger partial charge in [0.1, 0.15) is 5.82 Å². The molecule has 2 aromatic heterocycles. The minimum Gasteiger partial charge on any atom is -0.493 e. The molecule has 0 fully saturated rings. The number of hydrogen-bond donors (Lipinski definition) is 1. The molecule has 0 radical (unpaired) electrons. The van der Waals surface area contributed by atoms with Crippen LogP contribution in [0.1, 0.15) is 23.1 Å². The number of benzene rings is 1. The summed E-state index contributed by atoms with van der Waals surface area (Å²) in [5, 5.41) is 4.41. The SMILES string of the molecule is CCN(Cc1nc2cc(OC)c(OC)cc2c(=O)[nH]1)C(=O)c1cnn(C)c1. The Morgan fingerprint density at radius 2 is 1.96 bits per heavy atom. The Morgan fingerprint density at radius 1 is 1.26 bits per heavy atom. The predicted octanol–water partition coefficient (Wildman–Crippen LogP) is 1.34. The maximum atomic E-state index is 12.6. The second-order valence-corrected chi connectivity index (χ2v) is 5.96. The molecule has 0 saturated carbocycles. The van der Waals surface area contributed by atoms with Crippen LogP contribution >= 0.6 is 0 Å². The number of fused-ring (bicyclic) bond motifs is 1. The van der Waals surface area contributed by atoms with E-state index in [1.54, 1.807) is 35.0 Å². The molecule has 0 saturated heterocycles. The van der Waals surface area contributed by atoms with Crippen LogP contribution in [0.2, 0.25) is 0 Å². The number of amides is 1. The highest BCUT2D eigenvalue weighted by Crippen LogP contribution is 2.29. The molecule has 3 aromatic rings. The van der Waals surface area contributed by atoms with Crippen molar-refractivity contribution in [1.82, 2.24) is 24.6 Å². The number of nitrogens with one attached hydrogen (secondary N) is 1. The summed E-state index contributed by atoms with van der Waals surface area (Å²) in [6.45, 7) is 2.49. The van der Waals surface area contributed by atoms with E-state index in [0.29, 0.717) is 40.3 Å². The number of carbonyl (C=O) groups excluding carboxylic acids is 1. The number of methoxy groups -OCH3 is 2. The molecule has 142 valence electrons. The molecular formula is C18H21N5O4. The Morgan fingerprint density at radius 3 is 2.56 bits per heavy atom. The lowest BCUT2D eigenvalue weighted by atomic mass is 10.2. The van der Waals surface area contributed by atoms with Crippen LogP contribution in [0, 0.1) is 0 Å². The molecular weight excluding hydrogens is 350 g/mol. The second-order valence-electron chi connectivity index (χ2n) is 5.96. The third-order valence-corrected chi connectivity index (χ3v) is 4.22. The zero-order chi connectivity index (χ0) is 19.6. The molecule has 1 amide bonds. The van der Waals surface area contributed by atoms with Crippen molar-refractivity contribution in [2.75, 3.05) is 20.8 Å². The average Bonchev–Trinajstić information content (AvgIpc) is 3.10. The van der Waals surface area contributed by atoms with E-state index < -0.39 is 0 Å². The van der Waals surface area contributed by atoms with Crippen LogP contribution in [-0.2, 0) is 13.6 Å². The van der Waals surface area contributed by atoms with Crippen molar-refractivity contribution in [3.8, 4) is 11.5 Å². The van der Waals surface area contributed by atoms with Gasteiger partial charge in [-0.15, -0.1) is 0 Å². The van der Waals surface area contributed by atoms with Crippen molar-refractivity contribution in [1.29, 1.82) is 0 Å². The summed E-state index contributed by atoms with van der Waals surface area (Å²) in [5.41, 5.74) is 0.644. The van der Waals surface area contributed by atoms with E-state index in [9.17, 15) is 9.59 Å². The summed E-state index contributed by atoms with van der Waals surface area (Å²) in [6.07, 6.45) is 3.16. The van der Waals surface area contributed by atoms with Crippen molar-refractivity contribution in [2.24, 2.45) is 7.05 Å². The monoisotopic (exact) mass is 371 g/mol. The Labute approximate surface area is 155 Å². The average molecular weight is 371 g/mol. The Bertz CT molecular complexity index is 1040. The molecule has 3 rings (SSSR count). The second kappa shape index (κ2) is 7.48. The summed E-state index contributed by atoms with van der Waals surface area (Å²) in [4.78, 5) is 33.9. The van der Waals surface area contributed by atoms with Crippen molar-refractivity contribution < 1.29 is 14.3 Å². The van der Waals surface area contributed by atoms with E-state index in [1.807, 2.05) is 6.92 Å². The normalized spacial score (nSPS) is 10.8. The predicted molar refractivity (Wildman–Crippen MR) is 99.1 cm³/mol. The molecule has 2 heterocycles. The fourth-order valence-corrected chi connectivity index (χ4v) is 2.81. The van der Waals surface area contributed by atoms with Gasteiger partial charge in [-0.25, -0.2) is 4.98 Å². The van der Waals surface area contributed by atoms with E-state index in [0.717, 1.165) is 0 Å². The Hall–Kier alpha value is -3.36. The molecule has 0 spiro atoms. The molecule has 1 N–H and O–H groups in total. The van der Waals surface area contributed by atoms with Crippen LogP contribution in [0.4, 0.5) is 0 Å². The van der Waals surface area contributed by atoms with Crippen molar-refractivity contribution >= 4 is 16.8 Å². The van der Waals surface area contributed by atoms with Gasteiger partial charge in [0.15, 0.2) is 11.5 Å². The first kappa shape index (κ1) is 18.4. The zero-order valence-electron chi connectivity index (χ0n) is 15.6.